The molecule has 1 saturated heterocycles. The summed E-state index contributed by atoms with van der Waals surface area (Å²) in [4.78, 5) is 14.9. The number of likely N-dealkylation sites (N-methyl/N-ethyl adjacent to an activating group) is 1. The van der Waals surface area contributed by atoms with Crippen molar-refractivity contribution in [2.75, 3.05) is 33.4 Å². The van der Waals surface area contributed by atoms with Crippen molar-refractivity contribution in [1.29, 1.82) is 0 Å². The summed E-state index contributed by atoms with van der Waals surface area (Å²) in [6.45, 7) is 1.11. The van der Waals surface area contributed by atoms with Crippen LogP contribution < -0.4 is 0 Å². The number of carbonyl (C=O) groups excluding carboxylic acids is 1. The summed E-state index contributed by atoms with van der Waals surface area (Å²) in [5.41, 5.74) is -0.298. The second kappa shape index (κ2) is 6.34. The number of piperidine rings is 1. The van der Waals surface area contributed by atoms with Gasteiger partial charge in [-0.3, -0.25) is 9.69 Å². The van der Waals surface area contributed by atoms with Crippen LogP contribution in [0.15, 0.2) is 0 Å². The van der Waals surface area contributed by atoms with E-state index in [1.54, 1.807) is 0 Å². The van der Waals surface area contributed by atoms with E-state index in [9.17, 15) is 13.2 Å². The fraction of sp³-hybridized carbons (Fsp3) is 0.933. The van der Waals surface area contributed by atoms with Crippen LogP contribution in [-0.2, 0) is 14.8 Å². The number of hydrogen-bond donors (Lipinski definition) is 0. The lowest BCUT2D eigenvalue weighted by atomic mass is 9.83. The summed E-state index contributed by atoms with van der Waals surface area (Å²) < 4.78 is 24.9. The van der Waals surface area contributed by atoms with Crippen LogP contribution in [0.5, 0.6) is 0 Å². The maximum Gasteiger partial charge on any atom is 0.211 e. The van der Waals surface area contributed by atoms with E-state index in [2.05, 4.69) is 4.90 Å². The molecule has 2 rings (SSSR count). The van der Waals surface area contributed by atoms with Gasteiger partial charge in [-0.25, -0.2) is 12.7 Å². The Morgan fingerprint density at radius 3 is 2.38 bits per heavy atom. The second-order valence-electron chi connectivity index (χ2n) is 6.89. The van der Waals surface area contributed by atoms with Gasteiger partial charge in [0.15, 0.2) is 5.78 Å². The minimum absolute atomic E-state index is 0.179. The Bertz CT molecular complexity index is 481. The van der Waals surface area contributed by atoms with Crippen LogP contribution in [0.25, 0.3) is 0 Å². The first-order chi connectivity index (χ1) is 9.75. The molecule has 0 aromatic heterocycles. The van der Waals surface area contributed by atoms with Crippen molar-refractivity contribution in [2.45, 2.75) is 50.5 Å². The van der Waals surface area contributed by atoms with Crippen molar-refractivity contribution in [3.63, 3.8) is 0 Å². The van der Waals surface area contributed by atoms with Crippen molar-refractivity contribution in [1.82, 2.24) is 9.21 Å². The zero-order chi connectivity index (χ0) is 15.7. The minimum Gasteiger partial charge on any atom is -0.298 e. The molecule has 1 aliphatic carbocycles. The molecule has 122 valence electrons. The number of sulfonamides is 1. The summed E-state index contributed by atoms with van der Waals surface area (Å²) in [6.07, 6.45) is 7.72. The molecule has 21 heavy (non-hydrogen) atoms. The van der Waals surface area contributed by atoms with Crippen LogP contribution in [0.2, 0.25) is 0 Å². The van der Waals surface area contributed by atoms with Crippen LogP contribution >= 0.6 is 0 Å². The van der Waals surface area contributed by atoms with Gasteiger partial charge in [-0.1, -0.05) is 12.8 Å². The molecular weight excluding hydrogens is 288 g/mol. The molecule has 0 radical (unpaired) electrons. The Kier molecular flexibility index (Phi) is 5.11. The highest BCUT2D eigenvalue weighted by molar-refractivity contribution is 7.88. The number of rotatable bonds is 5. The molecule has 0 spiro atoms. The van der Waals surface area contributed by atoms with Crippen LogP contribution in [0.3, 0.4) is 0 Å². The Hall–Kier alpha value is -0.460. The maximum atomic E-state index is 12.8. The van der Waals surface area contributed by atoms with Crippen LogP contribution in [0.4, 0.5) is 0 Å². The topological polar surface area (TPSA) is 57.7 Å². The highest BCUT2D eigenvalue weighted by atomic mass is 32.2. The van der Waals surface area contributed by atoms with E-state index in [4.69, 9.17) is 0 Å². The van der Waals surface area contributed by atoms with Gasteiger partial charge in [0.25, 0.3) is 0 Å². The molecule has 2 aliphatic rings. The van der Waals surface area contributed by atoms with Crippen LogP contribution in [-0.4, -0.2) is 62.4 Å². The Morgan fingerprint density at radius 1 is 1.24 bits per heavy atom. The fourth-order valence-electron chi connectivity index (χ4n) is 3.88. The molecule has 0 bridgehead atoms. The zero-order valence-electron chi connectivity index (χ0n) is 13.5. The molecule has 1 atom stereocenters. The second-order valence-corrected chi connectivity index (χ2v) is 8.87. The van der Waals surface area contributed by atoms with Crippen molar-refractivity contribution >= 4 is 15.8 Å². The van der Waals surface area contributed by atoms with Crippen molar-refractivity contribution < 1.29 is 13.2 Å². The van der Waals surface area contributed by atoms with Gasteiger partial charge < -0.3 is 0 Å². The van der Waals surface area contributed by atoms with Gasteiger partial charge in [0.05, 0.1) is 11.8 Å². The summed E-state index contributed by atoms with van der Waals surface area (Å²) >= 11 is 0. The summed E-state index contributed by atoms with van der Waals surface area (Å²) in [6, 6.07) is 0. The molecule has 5 nitrogen and oxygen atoms in total. The third kappa shape index (κ3) is 3.66. The minimum atomic E-state index is -3.13. The summed E-state index contributed by atoms with van der Waals surface area (Å²) in [5.74, 6) is 0.490. The monoisotopic (exact) mass is 316 g/mol. The Morgan fingerprint density at radius 2 is 1.86 bits per heavy atom. The smallest absolute Gasteiger partial charge is 0.211 e. The first kappa shape index (κ1) is 16.9. The molecule has 1 unspecified atom stereocenters. The maximum absolute atomic E-state index is 12.8. The number of carbonyl (C=O) groups is 1. The Labute approximate surface area is 128 Å². The van der Waals surface area contributed by atoms with Crippen LogP contribution in [0, 0.1) is 5.92 Å². The van der Waals surface area contributed by atoms with E-state index in [1.165, 1.54) is 10.6 Å². The zero-order valence-corrected chi connectivity index (χ0v) is 14.3. The normalized spacial score (nSPS) is 27.1. The third-order valence-electron chi connectivity index (χ3n) is 5.23. The highest BCUT2D eigenvalue weighted by Gasteiger charge is 2.43. The standard InChI is InChI=1S/C15H28N2O3S/c1-16(2)15(8-4-5-9-15)14(18)11-13-7-6-10-17(12-13)21(3,19)20/h13H,4-12H2,1-3H3. The predicted molar refractivity (Wildman–Crippen MR) is 83.7 cm³/mol. The van der Waals surface area contributed by atoms with Crippen LogP contribution in [0.1, 0.15) is 44.9 Å². The predicted octanol–water partition coefficient (Wildman–Crippen LogP) is 1.49. The highest BCUT2D eigenvalue weighted by Crippen LogP contribution is 2.37. The molecule has 0 amide bonds. The quantitative estimate of drug-likeness (QED) is 0.771. The van der Waals surface area contributed by atoms with E-state index in [0.717, 1.165) is 38.5 Å². The molecule has 1 saturated carbocycles. The lowest BCUT2D eigenvalue weighted by Crippen LogP contribution is -2.50. The van der Waals surface area contributed by atoms with E-state index in [-0.39, 0.29) is 11.5 Å². The van der Waals surface area contributed by atoms with Crippen molar-refractivity contribution in [3.8, 4) is 0 Å². The van der Waals surface area contributed by atoms with Gasteiger partial charge in [-0.15, -0.1) is 0 Å². The first-order valence-electron chi connectivity index (χ1n) is 7.91. The molecule has 0 N–H and O–H groups in total. The Balaban J connectivity index is 2.02. The molecule has 6 heteroatoms. The summed E-state index contributed by atoms with van der Waals surface area (Å²) in [5, 5.41) is 0. The van der Waals surface area contributed by atoms with Gasteiger partial charge in [0.1, 0.15) is 0 Å². The fourth-order valence-corrected chi connectivity index (χ4v) is 4.82. The summed E-state index contributed by atoms with van der Waals surface area (Å²) in [7, 11) is 0.852. The molecule has 2 fully saturated rings. The molecule has 0 aromatic carbocycles. The van der Waals surface area contributed by atoms with Gasteiger partial charge in [-0.2, -0.15) is 0 Å². The number of nitrogens with zero attached hydrogens (tertiary/aromatic N) is 2. The van der Waals surface area contributed by atoms with Gasteiger partial charge in [0, 0.05) is 19.5 Å². The van der Waals surface area contributed by atoms with E-state index in [1.807, 2.05) is 14.1 Å². The van der Waals surface area contributed by atoms with Gasteiger partial charge >= 0.3 is 0 Å². The number of ketones is 1. The molecule has 0 aromatic rings. The SMILES string of the molecule is CN(C)C1(C(=O)CC2CCCN(S(C)(=O)=O)C2)CCCC1. The van der Waals surface area contributed by atoms with E-state index >= 15 is 0 Å². The average Bonchev–Trinajstić information content (AvgIpc) is 2.88. The van der Waals surface area contributed by atoms with Crippen molar-refractivity contribution in [3.05, 3.63) is 0 Å². The molecular formula is C15H28N2O3S. The van der Waals surface area contributed by atoms with Gasteiger partial charge in [0.2, 0.25) is 10.0 Å². The average molecular weight is 316 g/mol. The first-order valence-corrected chi connectivity index (χ1v) is 9.76. The third-order valence-corrected chi connectivity index (χ3v) is 6.50. The lowest BCUT2D eigenvalue weighted by Gasteiger charge is -2.37. The molecule has 1 heterocycles. The van der Waals surface area contributed by atoms with Crippen molar-refractivity contribution in [2.24, 2.45) is 5.92 Å². The van der Waals surface area contributed by atoms with E-state index < -0.39 is 10.0 Å². The lowest BCUT2D eigenvalue weighted by molar-refractivity contribution is -0.130. The van der Waals surface area contributed by atoms with Gasteiger partial charge in [-0.05, 0) is 45.7 Å². The number of hydrogen-bond acceptors (Lipinski definition) is 4. The molecule has 1 aliphatic heterocycles. The number of Topliss-reactive ketones (excluding diaryl/α,β-unsaturated/α-hetero) is 1. The largest absolute Gasteiger partial charge is 0.298 e. The van der Waals surface area contributed by atoms with E-state index in [0.29, 0.717) is 25.3 Å².